The lowest BCUT2D eigenvalue weighted by atomic mass is 10.0. The number of benzene rings is 3. The summed E-state index contributed by atoms with van der Waals surface area (Å²) >= 11 is 6.23. The first kappa shape index (κ1) is 23.7. The number of halogens is 1. The minimum atomic E-state index is -1.51. The summed E-state index contributed by atoms with van der Waals surface area (Å²) < 4.78 is 0. The zero-order chi connectivity index (χ0) is 24.9. The number of nitrogens with one attached hydrogen (secondary N) is 2. The topological polar surface area (TPSA) is 151 Å². The second kappa shape index (κ2) is 10.2. The predicted molar refractivity (Wildman–Crippen MR) is 130 cm³/mol. The molecule has 0 fully saturated rings. The molecule has 11 heteroatoms. The van der Waals surface area contributed by atoms with Crippen molar-refractivity contribution >= 4 is 39.9 Å². The molecule has 3 aromatic carbocycles. The van der Waals surface area contributed by atoms with Gasteiger partial charge in [0, 0.05) is 22.7 Å². The highest BCUT2D eigenvalue weighted by molar-refractivity contribution is 6.31. The number of nitrogens with zero attached hydrogens (tertiary/aromatic N) is 3. The SMILES string of the molecule is O=C(Cc1ccccc1)N/N=C(\c1nc2ccc([N+](=O)[O-])cc2[nH]c1=O)[C@@H](O)c1ccccc1Cl. The monoisotopic (exact) mass is 491 g/mol. The van der Waals surface area contributed by atoms with E-state index in [1.165, 1.54) is 18.2 Å². The smallest absolute Gasteiger partial charge is 0.276 e. The molecule has 35 heavy (non-hydrogen) atoms. The number of hydrogen-bond acceptors (Lipinski definition) is 7. The summed E-state index contributed by atoms with van der Waals surface area (Å²) in [5.74, 6) is -0.479. The zero-order valence-electron chi connectivity index (χ0n) is 18.0. The summed E-state index contributed by atoms with van der Waals surface area (Å²) in [5.41, 5.74) is 2.20. The van der Waals surface area contributed by atoms with Gasteiger partial charge in [0.25, 0.3) is 11.2 Å². The van der Waals surface area contributed by atoms with Crippen molar-refractivity contribution < 1.29 is 14.8 Å². The van der Waals surface area contributed by atoms with E-state index in [1.54, 1.807) is 48.5 Å². The number of rotatable bonds is 7. The van der Waals surface area contributed by atoms with E-state index >= 15 is 0 Å². The van der Waals surface area contributed by atoms with Crippen LogP contribution in [-0.4, -0.2) is 31.6 Å². The molecule has 1 aromatic heterocycles. The second-order valence-electron chi connectivity index (χ2n) is 7.49. The predicted octanol–water partition coefficient (Wildman–Crippen LogP) is 3.28. The number of fused-ring (bicyclic) bond motifs is 1. The number of hydrazone groups is 1. The number of aromatic amines is 1. The van der Waals surface area contributed by atoms with Crippen LogP contribution in [0.1, 0.15) is 22.9 Å². The Balaban J connectivity index is 1.76. The molecule has 0 bridgehead atoms. The molecule has 0 saturated heterocycles. The van der Waals surface area contributed by atoms with Gasteiger partial charge in [-0.1, -0.05) is 60.1 Å². The number of nitro groups is 1. The fourth-order valence-electron chi connectivity index (χ4n) is 3.39. The summed E-state index contributed by atoms with van der Waals surface area (Å²) in [6.07, 6.45) is -1.49. The average molecular weight is 492 g/mol. The maximum absolute atomic E-state index is 12.9. The van der Waals surface area contributed by atoms with Crippen molar-refractivity contribution in [1.29, 1.82) is 0 Å². The molecule has 0 unspecified atom stereocenters. The molecular weight excluding hydrogens is 474 g/mol. The van der Waals surface area contributed by atoms with Crippen LogP contribution in [0.25, 0.3) is 11.0 Å². The van der Waals surface area contributed by atoms with Crippen LogP contribution in [0.2, 0.25) is 5.02 Å². The highest BCUT2D eigenvalue weighted by Crippen LogP contribution is 2.25. The molecule has 176 valence electrons. The molecule has 1 atom stereocenters. The van der Waals surface area contributed by atoms with E-state index in [1.807, 2.05) is 6.07 Å². The summed E-state index contributed by atoms with van der Waals surface area (Å²) in [6.45, 7) is 0. The van der Waals surface area contributed by atoms with Crippen LogP contribution >= 0.6 is 11.6 Å². The van der Waals surface area contributed by atoms with E-state index in [9.17, 15) is 24.8 Å². The largest absolute Gasteiger partial charge is 0.382 e. The fraction of sp³-hybridized carbons (Fsp3) is 0.0833. The van der Waals surface area contributed by atoms with E-state index < -0.39 is 22.5 Å². The van der Waals surface area contributed by atoms with Gasteiger partial charge in [0.15, 0.2) is 5.69 Å². The van der Waals surface area contributed by atoms with E-state index in [0.717, 1.165) is 5.56 Å². The van der Waals surface area contributed by atoms with Crippen molar-refractivity contribution in [1.82, 2.24) is 15.4 Å². The van der Waals surface area contributed by atoms with E-state index in [-0.39, 0.29) is 45.1 Å². The van der Waals surface area contributed by atoms with Gasteiger partial charge >= 0.3 is 0 Å². The summed E-state index contributed by atoms with van der Waals surface area (Å²) in [4.78, 5) is 42.6. The van der Waals surface area contributed by atoms with Crippen LogP contribution in [0.15, 0.2) is 82.7 Å². The molecule has 0 saturated carbocycles. The number of aliphatic hydroxyl groups is 1. The molecule has 10 nitrogen and oxygen atoms in total. The number of aromatic nitrogens is 2. The first-order chi connectivity index (χ1) is 16.8. The minimum Gasteiger partial charge on any atom is -0.382 e. The quantitative estimate of drug-likeness (QED) is 0.205. The molecule has 0 radical (unpaired) electrons. The van der Waals surface area contributed by atoms with Gasteiger partial charge in [-0.15, -0.1) is 0 Å². The Kier molecular flexibility index (Phi) is 6.95. The molecular formula is C24H18ClN5O5. The highest BCUT2D eigenvalue weighted by Gasteiger charge is 2.25. The van der Waals surface area contributed by atoms with Crippen molar-refractivity contribution in [2.45, 2.75) is 12.5 Å². The number of non-ortho nitro benzene ring substituents is 1. The molecule has 0 aliphatic carbocycles. The number of hydrogen-bond donors (Lipinski definition) is 3. The molecule has 0 aliphatic rings. The van der Waals surface area contributed by atoms with E-state index in [0.29, 0.717) is 0 Å². The van der Waals surface area contributed by atoms with E-state index in [4.69, 9.17) is 11.6 Å². The average Bonchev–Trinajstić information content (AvgIpc) is 2.84. The maximum Gasteiger partial charge on any atom is 0.276 e. The van der Waals surface area contributed by atoms with Crippen molar-refractivity contribution in [3.8, 4) is 0 Å². The third-order valence-electron chi connectivity index (χ3n) is 5.10. The van der Waals surface area contributed by atoms with Gasteiger partial charge in [0.2, 0.25) is 5.91 Å². The Morgan fingerprint density at radius 2 is 1.86 bits per heavy atom. The third kappa shape index (κ3) is 5.40. The third-order valence-corrected chi connectivity index (χ3v) is 5.44. The van der Waals surface area contributed by atoms with Gasteiger partial charge in [-0.05, 0) is 17.7 Å². The second-order valence-corrected chi connectivity index (χ2v) is 7.90. The van der Waals surface area contributed by atoms with Crippen LogP contribution < -0.4 is 11.0 Å². The summed E-state index contributed by atoms with van der Waals surface area (Å²) in [6, 6.07) is 19.2. The van der Waals surface area contributed by atoms with Gasteiger partial charge in [-0.2, -0.15) is 5.10 Å². The molecule has 1 heterocycles. The number of amides is 1. The Labute approximate surface area is 203 Å². The summed E-state index contributed by atoms with van der Waals surface area (Å²) in [7, 11) is 0. The standard InChI is InChI=1S/C24H18ClN5O5/c25-17-9-5-4-8-16(17)23(32)21(29-28-20(31)12-14-6-2-1-3-7-14)22-24(33)27-19-13-15(30(34)35)10-11-18(19)26-22/h1-11,13,23,32H,12H2,(H,27,33)(H,28,31)/b29-21+/t23-/m0/s1. The van der Waals surface area contributed by atoms with Gasteiger partial charge in [-0.25, -0.2) is 10.4 Å². The van der Waals surface area contributed by atoms with Crippen LogP contribution in [-0.2, 0) is 11.2 Å². The Morgan fingerprint density at radius 3 is 2.57 bits per heavy atom. The van der Waals surface area contributed by atoms with Gasteiger partial charge in [0.05, 0.1) is 22.4 Å². The molecule has 0 aliphatic heterocycles. The molecule has 4 aromatic rings. The highest BCUT2D eigenvalue weighted by atomic mass is 35.5. The van der Waals surface area contributed by atoms with Gasteiger partial charge in [0.1, 0.15) is 11.8 Å². The number of carbonyl (C=O) groups is 1. The first-order valence-electron chi connectivity index (χ1n) is 10.3. The number of carbonyl (C=O) groups excluding carboxylic acids is 1. The van der Waals surface area contributed by atoms with Crippen molar-refractivity contribution in [2.24, 2.45) is 5.10 Å². The number of H-pyrrole nitrogens is 1. The minimum absolute atomic E-state index is 0.0188. The van der Waals surface area contributed by atoms with Crippen LogP contribution in [0, 0.1) is 10.1 Å². The molecule has 3 N–H and O–H groups in total. The Morgan fingerprint density at radius 1 is 1.14 bits per heavy atom. The maximum atomic E-state index is 12.9. The van der Waals surface area contributed by atoms with Crippen LogP contribution in [0.3, 0.4) is 0 Å². The van der Waals surface area contributed by atoms with Crippen molar-refractivity contribution in [2.75, 3.05) is 0 Å². The lowest BCUT2D eigenvalue weighted by molar-refractivity contribution is -0.384. The molecule has 0 spiro atoms. The summed E-state index contributed by atoms with van der Waals surface area (Å²) in [5, 5.41) is 26.4. The van der Waals surface area contributed by atoms with E-state index in [2.05, 4.69) is 20.5 Å². The Bertz CT molecular complexity index is 1500. The fourth-order valence-corrected chi connectivity index (χ4v) is 3.63. The Hall–Kier alpha value is -4.41. The van der Waals surface area contributed by atoms with Gasteiger partial charge in [-0.3, -0.25) is 19.7 Å². The molecule has 4 rings (SSSR count). The van der Waals surface area contributed by atoms with Crippen molar-refractivity contribution in [3.63, 3.8) is 0 Å². The zero-order valence-corrected chi connectivity index (χ0v) is 18.8. The number of aliphatic hydroxyl groups excluding tert-OH is 1. The lowest BCUT2D eigenvalue weighted by Crippen LogP contribution is -2.30. The van der Waals surface area contributed by atoms with Crippen LogP contribution in [0.4, 0.5) is 5.69 Å². The number of nitro benzene ring substituents is 1. The lowest BCUT2D eigenvalue weighted by Gasteiger charge is -2.15. The first-order valence-corrected chi connectivity index (χ1v) is 10.7. The van der Waals surface area contributed by atoms with Gasteiger partial charge < -0.3 is 10.1 Å². The normalized spacial score (nSPS) is 12.3. The van der Waals surface area contributed by atoms with Crippen LogP contribution in [0.5, 0.6) is 0 Å². The van der Waals surface area contributed by atoms with Crippen molar-refractivity contribution in [3.05, 3.63) is 115 Å². The molecule has 1 amide bonds.